The summed E-state index contributed by atoms with van der Waals surface area (Å²) in [5.74, 6) is -0.0226. The third kappa shape index (κ3) is 2.72. The maximum absolute atomic E-state index is 10.9. The Morgan fingerprint density at radius 3 is 2.45 bits per heavy atom. The Balaban J connectivity index is 1.63. The molecule has 1 unspecified atom stereocenters. The average molecular weight is 274 g/mol. The summed E-state index contributed by atoms with van der Waals surface area (Å²) in [6.07, 6.45) is 2.65. The predicted octanol–water partition coefficient (Wildman–Crippen LogP) is 1.91. The minimum atomic E-state index is -0.859. The van der Waals surface area contributed by atoms with Gasteiger partial charge >= 0.3 is 5.97 Å². The van der Waals surface area contributed by atoms with Crippen LogP contribution in [0.3, 0.4) is 0 Å². The van der Waals surface area contributed by atoms with Gasteiger partial charge in [-0.25, -0.2) is 4.79 Å². The van der Waals surface area contributed by atoms with E-state index in [1.165, 1.54) is 38.0 Å². The van der Waals surface area contributed by atoms with Crippen LogP contribution in [-0.4, -0.2) is 53.6 Å². The van der Waals surface area contributed by atoms with Gasteiger partial charge in [-0.05, 0) is 56.6 Å². The van der Waals surface area contributed by atoms with E-state index in [0.717, 1.165) is 12.5 Å². The maximum atomic E-state index is 10.9. The molecule has 0 saturated carbocycles. The summed E-state index contributed by atoms with van der Waals surface area (Å²) in [5, 5.41) is 8.92. The zero-order valence-electron chi connectivity index (χ0n) is 12.0. The molecule has 0 amide bonds. The molecule has 3 aliphatic rings. The molecule has 3 heterocycles. The molecule has 3 aliphatic heterocycles. The van der Waals surface area contributed by atoms with Crippen LogP contribution in [0.25, 0.3) is 0 Å². The van der Waals surface area contributed by atoms with Gasteiger partial charge in [-0.1, -0.05) is 12.1 Å². The number of likely N-dealkylation sites (N-methyl/N-ethyl adjacent to an activating group) is 1. The first-order valence-corrected chi connectivity index (χ1v) is 7.38. The summed E-state index contributed by atoms with van der Waals surface area (Å²) in [7, 11) is 2.19. The number of aromatic carboxylic acids is 1. The van der Waals surface area contributed by atoms with Crippen LogP contribution < -0.4 is 0 Å². The highest BCUT2D eigenvalue weighted by atomic mass is 16.4. The molecule has 0 radical (unpaired) electrons. The largest absolute Gasteiger partial charge is 0.478 e. The molecule has 2 bridgehead atoms. The molecule has 1 atom stereocenters. The molecular weight excluding hydrogens is 252 g/mol. The number of hydrogen-bond donors (Lipinski definition) is 1. The van der Waals surface area contributed by atoms with Crippen molar-refractivity contribution in [3.05, 3.63) is 35.4 Å². The molecule has 3 fully saturated rings. The molecule has 108 valence electrons. The minimum Gasteiger partial charge on any atom is -0.478 e. The highest BCUT2D eigenvalue weighted by molar-refractivity contribution is 5.87. The van der Waals surface area contributed by atoms with Gasteiger partial charge in [0.05, 0.1) is 5.56 Å². The van der Waals surface area contributed by atoms with Gasteiger partial charge in [0, 0.05) is 19.1 Å². The van der Waals surface area contributed by atoms with E-state index in [2.05, 4.69) is 16.8 Å². The number of carboxylic acid groups (broad SMARTS) is 1. The van der Waals surface area contributed by atoms with Gasteiger partial charge in [0.15, 0.2) is 0 Å². The number of carbonyl (C=O) groups is 1. The van der Waals surface area contributed by atoms with E-state index in [9.17, 15) is 4.79 Å². The fourth-order valence-corrected chi connectivity index (χ4v) is 3.59. The first kappa shape index (κ1) is 13.6. The molecule has 0 aliphatic carbocycles. The number of rotatable bonds is 4. The number of carboxylic acids is 1. The van der Waals surface area contributed by atoms with Gasteiger partial charge in [0.25, 0.3) is 0 Å². The number of nitrogens with zero attached hydrogens (tertiary/aromatic N) is 2. The Hall–Kier alpha value is -1.39. The van der Waals surface area contributed by atoms with Crippen molar-refractivity contribution in [2.45, 2.75) is 25.4 Å². The van der Waals surface area contributed by atoms with Gasteiger partial charge in [0.1, 0.15) is 0 Å². The van der Waals surface area contributed by atoms with Crippen LogP contribution in [0.15, 0.2) is 24.3 Å². The Bertz CT molecular complexity index is 478. The Labute approximate surface area is 120 Å². The zero-order chi connectivity index (χ0) is 14.1. The van der Waals surface area contributed by atoms with Crippen molar-refractivity contribution in [3.8, 4) is 0 Å². The van der Waals surface area contributed by atoms with Crippen LogP contribution in [0.5, 0.6) is 0 Å². The third-order valence-corrected chi connectivity index (χ3v) is 4.82. The lowest BCUT2D eigenvalue weighted by molar-refractivity contribution is 0.0135. The van der Waals surface area contributed by atoms with Crippen molar-refractivity contribution < 1.29 is 9.90 Å². The fourth-order valence-electron chi connectivity index (χ4n) is 3.59. The highest BCUT2D eigenvalue weighted by Gasteiger charge is 2.35. The number of hydrogen-bond acceptors (Lipinski definition) is 3. The molecule has 3 saturated heterocycles. The van der Waals surface area contributed by atoms with Crippen molar-refractivity contribution in [2.24, 2.45) is 5.92 Å². The van der Waals surface area contributed by atoms with Crippen molar-refractivity contribution in [1.82, 2.24) is 9.80 Å². The van der Waals surface area contributed by atoms with E-state index < -0.39 is 5.97 Å². The fraction of sp³-hybridized carbons (Fsp3) is 0.562. The quantitative estimate of drug-likeness (QED) is 0.911. The number of benzene rings is 1. The smallest absolute Gasteiger partial charge is 0.335 e. The van der Waals surface area contributed by atoms with Crippen molar-refractivity contribution >= 4 is 5.97 Å². The topological polar surface area (TPSA) is 43.8 Å². The van der Waals surface area contributed by atoms with Crippen molar-refractivity contribution in [3.63, 3.8) is 0 Å². The SMILES string of the molecule is CN(Cc1ccc(C(=O)O)cc1)C1CN2CCC1CC2. The number of piperidine rings is 3. The van der Waals surface area contributed by atoms with E-state index in [1.54, 1.807) is 12.1 Å². The van der Waals surface area contributed by atoms with Crippen molar-refractivity contribution in [1.29, 1.82) is 0 Å². The van der Waals surface area contributed by atoms with Crippen LogP contribution in [0, 0.1) is 5.92 Å². The second kappa shape index (κ2) is 5.54. The minimum absolute atomic E-state index is 0.360. The number of fused-ring (bicyclic) bond motifs is 3. The highest BCUT2D eigenvalue weighted by Crippen LogP contribution is 2.30. The molecule has 0 aromatic heterocycles. The molecule has 1 aromatic rings. The van der Waals surface area contributed by atoms with E-state index in [4.69, 9.17) is 5.11 Å². The van der Waals surface area contributed by atoms with Crippen LogP contribution in [0.1, 0.15) is 28.8 Å². The normalized spacial score (nSPS) is 28.8. The van der Waals surface area contributed by atoms with Gasteiger partial charge < -0.3 is 10.0 Å². The molecule has 4 nitrogen and oxygen atoms in total. The lowest BCUT2D eigenvalue weighted by Crippen LogP contribution is -2.56. The van der Waals surface area contributed by atoms with E-state index in [1.807, 2.05) is 12.1 Å². The molecular formula is C16H22N2O2. The monoisotopic (exact) mass is 274 g/mol. The Morgan fingerprint density at radius 1 is 1.30 bits per heavy atom. The van der Waals surface area contributed by atoms with Gasteiger partial charge in [-0.3, -0.25) is 4.90 Å². The van der Waals surface area contributed by atoms with Crippen LogP contribution in [0.2, 0.25) is 0 Å². The van der Waals surface area contributed by atoms with Gasteiger partial charge in [-0.15, -0.1) is 0 Å². The second-order valence-corrected chi connectivity index (χ2v) is 6.12. The third-order valence-electron chi connectivity index (χ3n) is 4.82. The molecule has 20 heavy (non-hydrogen) atoms. The summed E-state index contributed by atoms with van der Waals surface area (Å²) in [4.78, 5) is 15.9. The Morgan fingerprint density at radius 2 is 1.95 bits per heavy atom. The molecule has 0 spiro atoms. The maximum Gasteiger partial charge on any atom is 0.335 e. The summed E-state index contributed by atoms with van der Waals surface area (Å²) >= 11 is 0. The van der Waals surface area contributed by atoms with Crippen LogP contribution in [0.4, 0.5) is 0 Å². The summed E-state index contributed by atoms with van der Waals surface area (Å²) < 4.78 is 0. The van der Waals surface area contributed by atoms with E-state index in [0.29, 0.717) is 11.6 Å². The van der Waals surface area contributed by atoms with Crippen LogP contribution >= 0.6 is 0 Å². The summed E-state index contributed by atoms with van der Waals surface area (Å²) in [6.45, 7) is 4.62. The Kier molecular flexibility index (Phi) is 3.76. The van der Waals surface area contributed by atoms with Gasteiger partial charge in [-0.2, -0.15) is 0 Å². The van der Waals surface area contributed by atoms with E-state index in [-0.39, 0.29) is 0 Å². The summed E-state index contributed by atoms with van der Waals surface area (Å²) in [6, 6.07) is 7.91. The van der Waals surface area contributed by atoms with E-state index >= 15 is 0 Å². The van der Waals surface area contributed by atoms with Crippen LogP contribution in [-0.2, 0) is 6.54 Å². The standard InChI is InChI=1S/C16H22N2O2/c1-17(15-11-18-8-6-13(15)7-9-18)10-12-2-4-14(5-3-12)16(19)20/h2-5,13,15H,6-11H2,1H3,(H,19,20). The first-order chi connectivity index (χ1) is 9.63. The molecule has 4 heteroatoms. The molecule has 1 aromatic carbocycles. The van der Waals surface area contributed by atoms with Crippen molar-refractivity contribution in [2.75, 3.05) is 26.7 Å². The zero-order valence-corrected chi connectivity index (χ0v) is 12.0. The summed E-state index contributed by atoms with van der Waals surface area (Å²) in [5.41, 5.74) is 1.55. The van der Waals surface area contributed by atoms with Gasteiger partial charge in [0.2, 0.25) is 0 Å². The second-order valence-electron chi connectivity index (χ2n) is 6.12. The predicted molar refractivity (Wildman–Crippen MR) is 77.8 cm³/mol. The lowest BCUT2D eigenvalue weighted by Gasteiger charge is -2.48. The molecule has 1 N–H and O–H groups in total. The lowest BCUT2D eigenvalue weighted by atomic mass is 9.83. The molecule has 4 rings (SSSR count). The average Bonchev–Trinajstić information content (AvgIpc) is 2.49. The first-order valence-electron chi connectivity index (χ1n) is 7.38.